The number of hydrogen-bond acceptors (Lipinski definition) is 7. The van der Waals surface area contributed by atoms with Gasteiger partial charge < -0.3 is 10.1 Å². The Balaban J connectivity index is 1.61. The van der Waals surface area contributed by atoms with Gasteiger partial charge in [-0.1, -0.05) is 41.9 Å². The van der Waals surface area contributed by atoms with Crippen molar-refractivity contribution in [2.75, 3.05) is 12.4 Å². The largest absolute Gasteiger partial charge is 0.444 e. The number of nitrogens with zero attached hydrogens (tertiary/aromatic N) is 2. The maximum absolute atomic E-state index is 13.1. The van der Waals surface area contributed by atoms with Gasteiger partial charge in [0.05, 0.1) is 21.6 Å². The Bertz CT molecular complexity index is 1390. The number of anilines is 1. The van der Waals surface area contributed by atoms with Gasteiger partial charge in [0, 0.05) is 24.4 Å². The second-order valence-corrected chi connectivity index (χ2v) is 7.95. The molecule has 0 radical (unpaired) electrons. The molecule has 0 spiro atoms. The van der Waals surface area contributed by atoms with Crippen LogP contribution in [-0.4, -0.2) is 40.6 Å². The van der Waals surface area contributed by atoms with Crippen molar-refractivity contribution in [2.24, 2.45) is 0 Å². The number of halogens is 1. The van der Waals surface area contributed by atoms with E-state index in [1.54, 1.807) is 30.3 Å². The molecule has 1 heterocycles. The Labute approximate surface area is 203 Å². The van der Waals surface area contributed by atoms with E-state index in [1.165, 1.54) is 37.4 Å². The number of hydrogen-bond donors (Lipinski definition) is 1. The zero-order valence-corrected chi connectivity index (χ0v) is 18.8. The number of fused-ring (bicyclic) bond motifs is 1. The van der Waals surface area contributed by atoms with Crippen molar-refractivity contribution >= 4 is 46.7 Å². The number of imide groups is 1. The van der Waals surface area contributed by atoms with Gasteiger partial charge in [0.25, 0.3) is 23.4 Å². The first kappa shape index (κ1) is 23.6. The monoisotopic (exact) mass is 493 g/mol. The average Bonchev–Trinajstić information content (AvgIpc) is 3.07. The van der Waals surface area contributed by atoms with Gasteiger partial charge in [0.15, 0.2) is 0 Å². The van der Waals surface area contributed by atoms with Crippen LogP contribution in [0.4, 0.5) is 11.4 Å². The summed E-state index contributed by atoms with van der Waals surface area (Å²) in [6.07, 6.45) is -1.42. The van der Waals surface area contributed by atoms with Crippen LogP contribution < -0.4 is 5.32 Å². The second kappa shape index (κ2) is 9.35. The number of nitro groups is 1. The van der Waals surface area contributed by atoms with Crippen molar-refractivity contribution < 1.29 is 28.8 Å². The summed E-state index contributed by atoms with van der Waals surface area (Å²) in [5, 5.41) is 13.5. The smallest absolute Gasteiger partial charge is 0.339 e. The molecular weight excluding hydrogens is 478 g/mol. The lowest BCUT2D eigenvalue weighted by Crippen LogP contribution is -2.26. The van der Waals surface area contributed by atoms with E-state index in [-0.39, 0.29) is 27.4 Å². The summed E-state index contributed by atoms with van der Waals surface area (Å²) >= 11 is 5.82. The summed E-state index contributed by atoms with van der Waals surface area (Å²) in [5.74, 6) is -2.72. The summed E-state index contributed by atoms with van der Waals surface area (Å²) in [6, 6.07) is 15.8. The van der Waals surface area contributed by atoms with E-state index in [1.807, 2.05) is 0 Å². The fraction of sp³-hybridized carbons (Fsp3) is 0.0833. The van der Waals surface area contributed by atoms with Gasteiger partial charge in [-0.2, -0.15) is 0 Å². The molecular formula is C24H16ClN3O7. The molecule has 1 unspecified atom stereocenters. The van der Waals surface area contributed by atoms with Gasteiger partial charge in [0.2, 0.25) is 6.10 Å². The Morgan fingerprint density at radius 2 is 1.69 bits per heavy atom. The number of esters is 1. The predicted octanol–water partition coefficient (Wildman–Crippen LogP) is 4.01. The van der Waals surface area contributed by atoms with Crippen LogP contribution in [0.15, 0.2) is 66.7 Å². The van der Waals surface area contributed by atoms with Crippen molar-refractivity contribution in [1.29, 1.82) is 0 Å². The van der Waals surface area contributed by atoms with E-state index in [2.05, 4.69) is 5.32 Å². The molecule has 10 nitrogen and oxygen atoms in total. The Morgan fingerprint density at radius 1 is 1.00 bits per heavy atom. The van der Waals surface area contributed by atoms with E-state index < -0.39 is 40.4 Å². The zero-order chi connectivity index (χ0) is 25.3. The Morgan fingerprint density at radius 3 is 2.37 bits per heavy atom. The SMILES string of the molecule is CN1C(=O)c2ccc(C(=O)OC(C(=O)Nc3ccc(Cl)c([N+](=O)[O-])c3)c3ccccc3)cc2C1=O. The number of ether oxygens (including phenoxy) is 1. The molecule has 176 valence electrons. The fourth-order valence-electron chi connectivity index (χ4n) is 3.50. The van der Waals surface area contributed by atoms with Gasteiger partial charge in [-0.3, -0.25) is 29.4 Å². The molecule has 1 aliphatic heterocycles. The molecule has 35 heavy (non-hydrogen) atoms. The number of nitrogens with one attached hydrogen (secondary N) is 1. The summed E-state index contributed by atoms with van der Waals surface area (Å²) in [7, 11) is 1.33. The quantitative estimate of drug-likeness (QED) is 0.237. The molecule has 0 aromatic heterocycles. The molecule has 0 fully saturated rings. The van der Waals surface area contributed by atoms with Crippen LogP contribution in [0.1, 0.15) is 42.7 Å². The lowest BCUT2D eigenvalue weighted by Gasteiger charge is -2.18. The minimum Gasteiger partial charge on any atom is -0.444 e. The Hall–Kier alpha value is -4.57. The van der Waals surface area contributed by atoms with Crippen molar-refractivity contribution in [1.82, 2.24) is 4.90 Å². The first-order valence-electron chi connectivity index (χ1n) is 10.1. The van der Waals surface area contributed by atoms with E-state index in [4.69, 9.17) is 16.3 Å². The third-order valence-corrected chi connectivity index (χ3v) is 5.62. The zero-order valence-electron chi connectivity index (χ0n) is 18.1. The van der Waals surface area contributed by atoms with Gasteiger partial charge in [-0.15, -0.1) is 0 Å². The van der Waals surface area contributed by atoms with Crippen LogP contribution in [-0.2, 0) is 9.53 Å². The average molecular weight is 494 g/mol. The molecule has 0 saturated carbocycles. The lowest BCUT2D eigenvalue weighted by atomic mass is 10.1. The summed E-state index contributed by atoms with van der Waals surface area (Å²) in [6.45, 7) is 0. The minimum absolute atomic E-state index is 0.0314. The third-order valence-electron chi connectivity index (χ3n) is 5.30. The minimum atomic E-state index is -1.42. The number of amides is 3. The summed E-state index contributed by atoms with van der Waals surface area (Å²) in [5.41, 5.74) is 0.203. The maximum atomic E-state index is 13.1. The summed E-state index contributed by atoms with van der Waals surface area (Å²) in [4.78, 5) is 61.8. The number of rotatable bonds is 6. The molecule has 0 aliphatic carbocycles. The van der Waals surface area contributed by atoms with Crippen molar-refractivity contribution in [3.05, 3.63) is 104 Å². The van der Waals surface area contributed by atoms with Crippen LogP contribution in [0, 0.1) is 10.1 Å². The van der Waals surface area contributed by atoms with Gasteiger partial charge in [-0.05, 0) is 30.3 Å². The van der Waals surface area contributed by atoms with Crippen LogP contribution in [0.5, 0.6) is 0 Å². The van der Waals surface area contributed by atoms with Gasteiger partial charge >= 0.3 is 5.97 Å². The van der Waals surface area contributed by atoms with Crippen LogP contribution in [0.25, 0.3) is 0 Å². The third kappa shape index (κ3) is 4.59. The van der Waals surface area contributed by atoms with Crippen LogP contribution in [0.2, 0.25) is 5.02 Å². The van der Waals surface area contributed by atoms with E-state index in [0.717, 1.165) is 11.0 Å². The highest BCUT2D eigenvalue weighted by molar-refractivity contribution is 6.32. The standard InChI is InChI=1S/C24H16ClN3O7/c1-27-22(30)16-9-7-14(11-17(16)23(27)31)24(32)35-20(13-5-3-2-4-6-13)21(29)26-15-8-10-18(25)19(12-15)28(33)34/h2-12,20H,1H3,(H,26,29). The predicted molar refractivity (Wildman–Crippen MR) is 124 cm³/mol. The number of benzene rings is 3. The highest BCUT2D eigenvalue weighted by Gasteiger charge is 2.34. The number of nitro benzene ring substituents is 1. The molecule has 3 amide bonds. The van der Waals surface area contributed by atoms with Crippen LogP contribution in [0.3, 0.4) is 0 Å². The first-order chi connectivity index (χ1) is 16.7. The highest BCUT2D eigenvalue weighted by Crippen LogP contribution is 2.29. The van der Waals surface area contributed by atoms with E-state index in [0.29, 0.717) is 5.56 Å². The van der Waals surface area contributed by atoms with E-state index >= 15 is 0 Å². The first-order valence-corrected chi connectivity index (χ1v) is 10.5. The van der Waals surface area contributed by atoms with E-state index in [9.17, 15) is 29.3 Å². The van der Waals surface area contributed by atoms with Crippen LogP contribution >= 0.6 is 11.6 Å². The molecule has 1 N–H and O–H groups in total. The molecule has 0 bridgehead atoms. The molecule has 3 aromatic carbocycles. The second-order valence-electron chi connectivity index (χ2n) is 7.54. The van der Waals surface area contributed by atoms with Gasteiger partial charge in [0.1, 0.15) is 5.02 Å². The normalized spacial score (nSPS) is 13.3. The fourth-order valence-corrected chi connectivity index (χ4v) is 3.69. The molecule has 0 saturated heterocycles. The molecule has 1 atom stereocenters. The van der Waals surface area contributed by atoms with Gasteiger partial charge in [-0.25, -0.2) is 4.79 Å². The number of carbonyl (C=O) groups is 4. The molecule has 4 rings (SSSR count). The summed E-state index contributed by atoms with van der Waals surface area (Å²) < 4.78 is 5.49. The number of carbonyl (C=O) groups excluding carboxylic acids is 4. The lowest BCUT2D eigenvalue weighted by molar-refractivity contribution is -0.384. The van der Waals surface area contributed by atoms with Crippen molar-refractivity contribution in [3.63, 3.8) is 0 Å². The molecule has 1 aliphatic rings. The highest BCUT2D eigenvalue weighted by atomic mass is 35.5. The van der Waals surface area contributed by atoms with Crippen molar-refractivity contribution in [2.45, 2.75) is 6.10 Å². The van der Waals surface area contributed by atoms with Crippen molar-refractivity contribution in [3.8, 4) is 0 Å². The topological polar surface area (TPSA) is 136 Å². The maximum Gasteiger partial charge on any atom is 0.339 e. The Kier molecular flexibility index (Phi) is 6.30. The molecule has 11 heteroatoms. The molecule has 3 aromatic rings.